The molecule has 1 amide bonds. The van der Waals surface area contributed by atoms with Crippen molar-refractivity contribution in [2.45, 2.75) is 45.1 Å². The van der Waals surface area contributed by atoms with Crippen molar-refractivity contribution in [1.82, 2.24) is 19.9 Å². The Labute approximate surface area is 197 Å². The molecule has 1 saturated heterocycles. The van der Waals surface area contributed by atoms with Gasteiger partial charge in [0.15, 0.2) is 0 Å². The van der Waals surface area contributed by atoms with Crippen molar-refractivity contribution in [3.63, 3.8) is 0 Å². The monoisotopic (exact) mass is 466 g/mol. The second-order valence-electron chi connectivity index (χ2n) is 9.17. The number of carbonyl (C=O) groups is 1. The Bertz CT molecular complexity index is 1210. The lowest BCUT2D eigenvalue weighted by atomic mass is 9.96. The van der Waals surface area contributed by atoms with Gasteiger partial charge in [-0.3, -0.25) is 9.59 Å². The second kappa shape index (κ2) is 9.13. The first-order valence-electron chi connectivity index (χ1n) is 11.7. The Kier molecular flexibility index (Phi) is 6.05. The SMILES string of the molecule is CN(C)c1ccc(CNC(=O)C2CCN(c3nn4c(=O)c5c(nc4s3)CCCC5)CC2)cc1. The predicted molar refractivity (Wildman–Crippen MR) is 131 cm³/mol. The van der Waals surface area contributed by atoms with Crippen LogP contribution < -0.4 is 20.7 Å². The van der Waals surface area contributed by atoms with Gasteiger partial charge in [0.05, 0.1) is 5.69 Å². The van der Waals surface area contributed by atoms with Gasteiger partial charge in [0.2, 0.25) is 16.0 Å². The minimum absolute atomic E-state index is 0.00448. The van der Waals surface area contributed by atoms with E-state index in [-0.39, 0.29) is 17.4 Å². The maximum Gasteiger partial charge on any atom is 0.278 e. The van der Waals surface area contributed by atoms with Crippen molar-refractivity contribution >= 4 is 33.0 Å². The smallest absolute Gasteiger partial charge is 0.278 e. The van der Waals surface area contributed by atoms with Crippen LogP contribution in [0.3, 0.4) is 0 Å². The van der Waals surface area contributed by atoms with E-state index in [1.54, 1.807) is 0 Å². The van der Waals surface area contributed by atoms with E-state index in [1.165, 1.54) is 15.9 Å². The van der Waals surface area contributed by atoms with Gasteiger partial charge in [-0.05, 0) is 56.2 Å². The first-order chi connectivity index (χ1) is 16.0. The maximum atomic E-state index is 12.8. The van der Waals surface area contributed by atoms with Crippen LogP contribution in [0.2, 0.25) is 0 Å². The Hall–Kier alpha value is -2.94. The van der Waals surface area contributed by atoms with Gasteiger partial charge in [-0.15, -0.1) is 5.10 Å². The fourth-order valence-electron chi connectivity index (χ4n) is 4.67. The molecule has 174 valence electrons. The van der Waals surface area contributed by atoms with E-state index in [0.29, 0.717) is 11.5 Å². The highest BCUT2D eigenvalue weighted by molar-refractivity contribution is 7.20. The molecule has 2 aliphatic rings. The summed E-state index contributed by atoms with van der Waals surface area (Å²) in [6.07, 6.45) is 5.38. The highest BCUT2D eigenvalue weighted by Gasteiger charge is 2.27. The van der Waals surface area contributed by atoms with Crippen LogP contribution in [0.1, 0.15) is 42.5 Å². The summed E-state index contributed by atoms with van der Waals surface area (Å²) in [5.74, 6) is 0.117. The number of amides is 1. The van der Waals surface area contributed by atoms with E-state index in [2.05, 4.69) is 44.5 Å². The Morgan fingerprint density at radius 3 is 2.61 bits per heavy atom. The van der Waals surface area contributed by atoms with Crippen LogP contribution in [-0.2, 0) is 24.2 Å². The lowest BCUT2D eigenvalue weighted by Gasteiger charge is -2.30. The minimum atomic E-state index is -0.00919. The van der Waals surface area contributed by atoms with Crippen molar-refractivity contribution < 1.29 is 4.79 Å². The summed E-state index contributed by atoms with van der Waals surface area (Å²) >= 11 is 1.47. The van der Waals surface area contributed by atoms with Crippen LogP contribution in [0.25, 0.3) is 4.96 Å². The van der Waals surface area contributed by atoms with Crippen molar-refractivity contribution in [3.8, 4) is 0 Å². The summed E-state index contributed by atoms with van der Waals surface area (Å²) in [6.45, 7) is 2.05. The number of hydrogen-bond donors (Lipinski definition) is 1. The highest BCUT2D eigenvalue weighted by atomic mass is 32.1. The molecule has 3 aromatic rings. The molecule has 0 bridgehead atoms. The fourth-order valence-corrected chi connectivity index (χ4v) is 5.63. The number of hydrogen-bond acceptors (Lipinski definition) is 7. The van der Waals surface area contributed by atoms with Crippen molar-refractivity contribution in [2.75, 3.05) is 37.0 Å². The number of nitrogens with zero attached hydrogens (tertiary/aromatic N) is 5. The van der Waals surface area contributed by atoms with Crippen LogP contribution >= 0.6 is 11.3 Å². The summed E-state index contributed by atoms with van der Waals surface area (Å²) in [4.78, 5) is 35.2. The molecule has 1 aliphatic heterocycles. The van der Waals surface area contributed by atoms with Gasteiger partial charge >= 0.3 is 0 Å². The third kappa shape index (κ3) is 4.46. The summed E-state index contributed by atoms with van der Waals surface area (Å²) in [5, 5.41) is 8.51. The molecule has 1 N–H and O–H groups in total. The first-order valence-corrected chi connectivity index (χ1v) is 12.5. The molecule has 8 nitrogen and oxygen atoms in total. The molecule has 9 heteroatoms. The predicted octanol–water partition coefficient (Wildman–Crippen LogP) is 2.63. The Morgan fingerprint density at radius 2 is 1.88 bits per heavy atom. The van der Waals surface area contributed by atoms with Gasteiger partial charge in [-0.25, -0.2) is 4.98 Å². The zero-order valence-electron chi connectivity index (χ0n) is 19.2. The molecular formula is C24H30N6O2S. The number of rotatable bonds is 5. The molecule has 1 aromatic carbocycles. The number of aromatic nitrogens is 3. The lowest BCUT2D eigenvalue weighted by Crippen LogP contribution is -2.40. The molecule has 33 heavy (non-hydrogen) atoms. The van der Waals surface area contributed by atoms with Crippen LogP contribution in [0.15, 0.2) is 29.1 Å². The summed E-state index contributed by atoms with van der Waals surface area (Å²) in [6, 6.07) is 8.24. The van der Waals surface area contributed by atoms with Crippen LogP contribution in [0.5, 0.6) is 0 Å². The quantitative estimate of drug-likeness (QED) is 0.623. The van der Waals surface area contributed by atoms with E-state index in [0.717, 1.165) is 79.3 Å². The normalized spacial score (nSPS) is 16.6. The number of fused-ring (bicyclic) bond motifs is 2. The zero-order chi connectivity index (χ0) is 22.9. The molecule has 3 heterocycles. The number of anilines is 2. The minimum Gasteiger partial charge on any atom is -0.378 e. The number of benzene rings is 1. The molecule has 1 aliphatic carbocycles. The van der Waals surface area contributed by atoms with Crippen molar-refractivity contribution in [3.05, 3.63) is 51.4 Å². The first kappa shape index (κ1) is 21.9. The molecular weight excluding hydrogens is 436 g/mol. The molecule has 0 atom stereocenters. The van der Waals surface area contributed by atoms with Crippen molar-refractivity contribution in [1.29, 1.82) is 0 Å². The fraction of sp³-hybridized carbons (Fsp3) is 0.500. The second-order valence-corrected chi connectivity index (χ2v) is 10.1. The summed E-state index contributed by atoms with van der Waals surface area (Å²) in [5.41, 5.74) is 4.02. The molecule has 5 rings (SSSR count). The van der Waals surface area contributed by atoms with E-state index in [1.807, 2.05) is 14.1 Å². The van der Waals surface area contributed by atoms with Gasteiger partial charge in [-0.2, -0.15) is 4.52 Å². The molecule has 2 aromatic heterocycles. The van der Waals surface area contributed by atoms with Crippen LogP contribution in [0, 0.1) is 5.92 Å². The topological polar surface area (TPSA) is 82.8 Å². The van der Waals surface area contributed by atoms with Gasteiger partial charge in [-0.1, -0.05) is 23.5 Å². The summed E-state index contributed by atoms with van der Waals surface area (Å²) in [7, 11) is 4.03. The van der Waals surface area contributed by atoms with Crippen molar-refractivity contribution in [2.24, 2.45) is 5.92 Å². The van der Waals surface area contributed by atoms with E-state index in [9.17, 15) is 9.59 Å². The third-order valence-electron chi connectivity index (χ3n) is 6.72. The van der Waals surface area contributed by atoms with E-state index < -0.39 is 0 Å². The highest BCUT2D eigenvalue weighted by Crippen LogP contribution is 2.28. The van der Waals surface area contributed by atoms with Gasteiger partial charge < -0.3 is 15.1 Å². The summed E-state index contributed by atoms with van der Waals surface area (Å²) < 4.78 is 1.48. The van der Waals surface area contributed by atoms with Crippen LogP contribution in [-0.4, -0.2) is 47.7 Å². The Balaban J connectivity index is 1.19. The molecule has 0 unspecified atom stereocenters. The van der Waals surface area contributed by atoms with Gasteiger partial charge in [0.25, 0.3) is 5.56 Å². The third-order valence-corrected chi connectivity index (χ3v) is 7.69. The number of piperidine rings is 1. The van der Waals surface area contributed by atoms with Gasteiger partial charge in [0.1, 0.15) is 0 Å². The number of aryl methyl sites for hydroxylation is 1. The maximum absolute atomic E-state index is 12.8. The largest absolute Gasteiger partial charge is 0.378 e. The standard InChI is InChI=1S/C24H30N6O2S/c1-28(2)18-9-7-16(8-10-18)15-25-21(31)17-11-13-29(14-12-17)24-27-30-22(32)19-5-3-4-6-20(19)26-23(30)33-24/h7-10,17H,3-6,11-15H2,1-2H3,(H,25,31). The molecule has 1 fully saturated rings. The van der Waals surface area contributed by atoms with E-state index in [4.69, 9.17) is 4.98 Å². The molecule has 0 radical (unpaired) electrons. The number of carbonyl (C=O) groups excluding carboxylic acids is 1. The average Bonchev–Trinajstić information content (AvgIpc) is 3.27. The van der Waals surface area contributed by atoms with Crippen LogP contribution in [0.4, 0.5) is 10.8 Å². The average molecular weight is 467 g/mol. The van der Waals surface area contributed by atoms with Gasteiger partial charge in [0, 0.05) is 50.9 Å². The number of nitrogens with one attached hydrogen (secondary N) is 1. The lowest BCUT2D eigenvalue weighted by molar-refractivity contribution is -0.125. The molecule has 0 saturated carbocycles. The van der Waals surface area contributed by atoms with E-state index >= 15 is 0 Å². The zero-order valence-corrected chi connectivity index (χ0v) is 20.0. The molecule has 0 spiro atoms. The Morgan fingerprint density at radius 1 is 1.15 bits per heavy atom.